The monoisotopic (exact) mass is 319 g/mol. The second-order valence-corrected chi connectivity index (χ2v) is 7.02. The van der Waals surface area contributed by atoms with Gasteiger partial charge in [0.15, 0.2) is 0 Å². The van der Waals surface area contributed by atoms with Gasteiger partial charge in [-0.15, -0.1) is 0 Å². The molecule has 3 rings (SSSR count). The van der Waals surface area contributed by atoms with Gasteiger partial charge in [-0.1, -0.05) is 6.92 Å². The van der Waals surface area contributed by atoms with Crippen molar-refractivity contribution in [2.75, 3.05) is 33.2 Å². The highest BCUT2D eigenvalue weighted by molar-refractivity contribution is 5.75. The topological polar surface area (TPSA) is 53.4 Å². The smallest absolute Gasteiger partial charge is 0.317 e. The predicted molar refractivity (Wildman–Crippen MR) is 90.3 cm³/mol. The van der Waals surface area contributed by atoms with Gasteiger partial charge in [0.25, 0.3) is 0 Å². The molecular formula is C17H29N5O. The van der Waals surface area contributed by atoms with Crippen LogP contribution in [0, 0.1) is 5.92 Å². The average molecular weight is 319 g/mol. The highest BCUT2D eigenvalue weighted by Crippen LogP contribution is 2.30. The van der Waals surface area contributed by atoms with Crippen molar-refractivity contribution in [2.24, 2.45) is 5.92 Å². The first kappa shape index (κ1) is 16.3. The van der Waals surface area contributed by atoms with Crippen molar-refractivity contribution in [3.8, 4) is 0 Å². The Morgan fingerprint density at radius 1 is 1.39 bits per heavy atom. The fraction of sp³-hybridized carbons (Fsp3) is 0.765. The van der Waals surface area contributed by atoms with E-state index in [1.54, 1.807) is 0 Å². The average Bonchev–Trinajstić information content (AvgIpc) is 3.27. The fourth-order valence-electron chi connectivity index (χ4n) is 3.92. The van der Waals surface area contributed by atoms with E-state index >= 15 is 0 Å². The van der Waals surface area contributed by atoms with E-state index in [1.807, 2.05) is 23.6 Å². The van der Waals surface area contributed by atoms with Crippen molar-refractivity contribution in [3.05, 3.63) is 18.7 Å². The first-order valence-electron chi connectivity index (χ1n) is 8.88. The first-order valence-corrected chi connectivity index (χ1v) is 8.88. The van der Waals surface area contributed by atoms with Crippen molar-refractivity contribution in [1.82, 2.24) is 24.7 Å². The second-order valence-electron chi connectivity index (χ2n) is 7.02. The Balaban J connectivity index is 1.51. The number of hydrogen-bond acceptors (Lipinski definition) is 3. The number of rotatable bonds is 5. The molecule has 2 amide bonds. The summed E-state index contributed by atoms with van der Waals surface area (Å²) >= 11 is 0. The first-order chi connectivity index (χ1) is 11.2. The van der Waals surface area contributed by atoms with Crippen LogP contribution in [0.25, 0.3) is 0 Å². The van der Waals surface area contributed by atoms with Crippen LogP contribution in [-0.4, -0.2) is 64.7 Å². The highest BCUT2D eigenvalue weighted by atomic mass is 16.2. The third-order valence-corrected chi connectivity index (χ3v) is 5.38. The summed E-state index contributed by atoms with van der Waals surface area (Å²) in [6.07, 6.45) is 10.1. The summed E-state index contributed by atoms with van der Waals surface area (Å²) in [5.41, 5.74) is 0. The molecule has 1 aromatic heterocycles. The molecule has 2 aliphatic rings. The molecule has 6 nitrogen and oxygen atoms in total. The molecule has 1 aliphatic carbocycles. The SMILES string of the molecule is CCN(C)C[C@@H]1CCN(C(=O)N[C@@H]2CCC[C@@H]2n2ccnc2)C1. The molecule has 1 saturated carbocycles. The van der Waals surface area contributed by atoms with Gasteiger partial charge in [0.1, 0.15) is 0 Å². The molecule has 0 spiro atoms. The molecule has 1 saturated heterocycles. The Kier molecular flexibility index (Phi) is 5.20. The summed E-state index contributed by atoms with van der Waals surface area (Å²) in [6.45, 7) is 6.10. The molecule has 128 valence electrons. The number of urea groups is 1. The van der Waals surface area contributed by atoms with E-state index in [0.717, 1.165) is 51.9 Å². The molecule has 3 atom stereocenters. The van der Waals surface area contributed by atoms with Crippen LogP contribution in [0.5, 0.6) is 0 Å². The van der Waals surface area contributed by atoms with Crippen LogP contribution in [0.4, 0.5) is 4.79 Å². The Morgan fingerprint density at radius 3 is 3.00 bits per heavy atom. The van der Waals surface area contributed by atoms with Gasteiger partial charge in [0.2, 0.25) is 0 Å². The Morgan fingerprint density at radius 2 is 2.26 bits per heavy atom. The maximum absolute atomic E-state index is 12.6. The minimum absolute atomic E-state index is 0.115. The number of nitrogens with one attached hydrogen (secondary N) is 1. The second kappa shape index (κ2) is 7.34. The lowest BCUT2D eigenvalue weighted by Gasteiger charge is -2.26. The summed E-state index contributed by atoms with van der Waals surface area (Å²) in [7, 11) is 2.15. The van der Waals surface area contributed by atoms with Crippen LogP contribution in [0.2, 0.25) is 0 Å². The molecule has 1 aromatic rings. The van der Waals surface area contributed by atoms with E-state index in [0.29, 0.717) is 12.0 Å². The third-order valence-electron chi connectivity index (χ3n) is 5.38. The largest absolute Gasteiger partial charge is 0.333 e. The number of carbonyl (C=O) groups excluding carboxylic acids is 1. The van der Waals surface area contributed by atoms with Crippen LogP contribution in [0.3, 0.4) is 0 Å². The molecule has 0 radical (unpaired) electrons. The maximum atomic E-state index is 12.6. The van der Waals surface area contributed by atoms with E-state index in [1.165, 1.54) is 0 Å². The molecule has 2 heterocycles. The summed E-state index contributed by atoms with van der Waals surface area (Å²) in [5, 5.41) is 3.27. The summed E-state index contributed by atoms with van der Waals surface area (Å²) in [6, 6.07) is 0.698. The van der Waals surface area contributed by atoms with Gasteiger partial charge in [0.05, 0.1) is 18.4 Å². The van der Waals surface area contributed by atoms with Crippen LogP contribution in [-0.2, 0) is 0 Å². The van der Waals surface area contributed by atoms with Crippen LogP contribution < -0.4 is 5.32 Å². The lowest BCUT2D eigenvalue weighted by molar-refractivity contribution is 0.197. The van der Waals surface area contributed by atoms with Gasteiger partial charge in [-0.3, -0.25) is 0 Å². The summed E-state index contributed by atoms with van der Waals surface area (Å²) in [4.78, 5) is 21.1. The highest BCUT2D eigenvalue weighted by Gasteiger charge is 2.33. The van der Waals surface area contributed by atoms with Crippen molar-refractivity contribution >= 4 is 6.03 Å². The normalized spacial score (nSPS) is 27.8. The predicted octanol–water partition coefficient (Wildman–Crippen LogP) is 1.96. The van der Waals surface area contributed by atoms with Crippen LogP contribution in [0.1, 0.15) is 38.6 Å². The van der Waals surface area contributed by atoms with Gasteiger partial charge < -0.3 is 19.7 Å². The molecule has 23 heavy (non-hydrogen) atoms. The van der Waals surface area contributed by atoms with E-state index < -0.39 is 0 Å². The minimum Gasteiger partial charge on any atom is -0.333 e. The van der Waals surface area contributed by atoms with E-state index in [-0.39, 0.29) is 12.1 Å². The molecule has 2 fully saturated rings. The van der Waals surface area contributed by atoms with Gasteiger partial charge >= 0.3 is 6.03 Å². The number of carbonyl (C=O) groups is 1. The third kappa shape index (κ3) is 3.86. The zero-order chi connectivity index (χ0) is 16.2. The van der Waals surface area contributed by atoms with Crippen LogP contribution in [0.15, 0.2) is 18.7 Å². The van der Waals surface area contributed by atoms with Gasteiger partial charge in [0, 0.05) is 32.0 Å². The molecule has 1 aliphatic heterocycles. The molecule has 0 bridgehead atoms. The Hall–Kier alpha value is -1.56. The maximum Gasteiger partial charge on any atom is 0.317 e. The van der Waals surface area contributed by atoms with Gasteiger partial charge in [-0.25, -0.2) is 9.78 Å². The number of hydrogen-bond donors (Lipinski definition) is 1. The summed E-state index contributed by atoms with van der Waals surface area (Å²) in [5.74, 6) is 0.610. The van der Waals surface area contributed by atoms with E-state index in [2.05, 4.69) is 33.7 Å². The quantitative estimate of drug-likeness (QED) is 0.902. The minimum atomic E-state index is 0.115. The molecule has 1 N–H and O–H groups in total. The van der Waals surface area contributed by atoms with E-state index in [9.17, 15) is 4.79 Å². The molecule has 6 heteroatoms. The van der Waals surface area contributed by atoms with Crippen LogP contribution >= 0.6 is 0 Å². The Labute approximate surface area is 138 Å². The standard InChI is InChI=1S/C17H29N5O/c1-3-20(2)11-14-7-9-21(12-14)17(23)19-15-5-4-6-16(15)22-10-8-18-13-22/h8,10,13-16H,3-7,9,11-12H2,1-2H3,(H,19,23)/t14-,15+,16-/m0/s1. The van der Waals surface area contributed by atoms with Crippen molar-refractivity contribution < 1.29 is 4.79 Å². The molecule has 0 aromatic carbocycles. The number of aromatic nitrogens is 2. The number of likely N-dealkylation sites (tertiary alicyclic amines) is 1. The van der Waals surface area contributed by atoms with E-state index in [4.69, 9.17) is 0 Å². The zero-order valence-electron chi connectivity index (χ0n) is 14.3. The number of nitrogens with zero attached hydrogens (tertiary/aromatic N) is 4. The van der Waals surface area contributed by atoms with Crippen molar-refractivity contribution in [1.29, 1.82) is 0 Å². The van der Waals surface area contributed by atoms with Crippen molar-refractivity contribution in [2.45, 2.75) is 44.7 Å². The van der Waals surface area contributed by atoms with Gasteiger partial charge in [-0.05, 0) is 45.2 Å². The summed E-state index contributed by atoms with van der Waals surface area (Å²) < 4.78 is 2.14. The zero-order valence-corrected chi connectivity index (χ0v) is 14.3. The lowest BCUT2D eigenvalue weighted by atomic mass is 10.1. The Bertz CT molecular complexity index is 503. The molecule has 0 unspecified atom stereocenters. The van der Waals surface area contributed by atoms with Crippen molar-refractivity contribution in [3.63, 3.8) is 0 Å². The fourth-order valence-corrected chi connectivity index (χ4v) is 3.92. The lowest BCUT2D eigenvalue weighted by Crippen LogP contribution is -2.45. The van der Waals surface area contributed by atoms with Gasteiger partial charge in [-0.2, -0.15) is 0 Å². The molecular weight excluding hydrogens is 290 g/mol. The number of amides is 2. The number of imidazole rings is 1.